The molecule has 0 saturated carbocycles. The smallest absolute Gasteiger partial charge is 0.315 e. The van der Waals surface area contributed by atoms with Gasteiger partial charge in [0.05, 0.1) is 0 Å². The fraction of sp³-hybridized carbons (Fsp3) is 0.250. The van der Waals surface area contributed by atoms with Crippen LogP contribution in [0, 0.1) is 5.82 Å². The van der Waals surface area contributed by atoms with Crippen LogP contribution in [0.15, 0.2) is 48.7 Å². The van der Waals surface area contributed by atoms with E-state index < -0.39 is 0 Å². The van der Waals surface area contributed by atoms with E-state index in [0.29, 0.717) is 13.0 Å². The van der Waals surface area contributed by atoms with Crippen molar-refractivity contribution in [1.82, 2.24) is 15.6 Å². The van der Waals surface area contributed by atoms with Crippen molar-refractivity contribution in [1.29, 1.82) is 0 Å². The third-order valence-electron chi connectivity index (χ3n) is 2.96. The summed E-state index contributed by atoms with van der Waals surface area (Å²) in [5, 5.41) is 5.54. The summed E-state index contributed by atoms with van der Waals surface area (Å²) in [6.07, 6.45) is 2.39. The number of halogens is 1. The molecule has 0 aliphatic rings. The molecule has 2 N–H and O–H groups in total. The zero-order valence-corrected chi connectivity index (χ0v) is 11.8. The molecule has 4 nitrogen and oxygen atoms in total. The highest BCUT2D eigenvalue weighted by Gasteiger charge is 2.08. The number of nitrogens with one attached hydrogen (secondary N) is 2. The van der Waals surface area contributed by atoms with E-state index in [1.807, 2.05) is 25.1 Å². The molecule has 2 amide bonds. The molecule has 0 saturated heterocycles. The standard InChI is InChI=1S/C16H18FN3O/c1-12(9-15-7-2-3-8-18-15)20-16(21)19-11-13-5-4-6-14(17)10-13/h2-8,10,12H,9,11H2,1H3,(H2,19,20,21). The molecule has 0 aliphatic carbocycles. The number of carbonyl (C=O) groups excluding carboxylic acids is 1. The molecule has 2 aromatic rings. The molecule has 0 bridgehead atoms. The molecule has 1 atom stereocenters. The minimum Gasteiger partial charge on any atom is -0.335 e. The van der Waals surface area contributed by atoms with Crippen LogP contribution in [-0.2, 0) is 13.0 Å². The quantitative estimate of drug-likeness (QED) is 0.888. The van der Waals surface area contributed by atoms with Gasteiger partial charge in [-0.25, -0.2) is 9.18 Å². The second kappa shape index (κ2) is 7.38. The molecule has 0 fully saturated rings. The number of carbonyl (C=O) groups is 1. The highest BCUT2D eigenvalue weighted by Crippen LogP contribution is 2.03. The molecule has 5 heteroatoms. The number of hydrogen-bond acceptors (Lipinski definition) is 2. The number of rotatable bonds is 5. The first-order valence-corrected chi connectivity index (χ1v) is 6.82. The maximum Gasteiger partial charge on any atom is 0.315 e. The molecule has 0 aliphatic heterocycles. The Morgan fingerprint density at radius 2 is 2.14 bits per heavy atom. The van der Waals surface area contributed by atoms with Crippen LogP contribution < -0.4 is 10.6 Å². The van der Waals surface area contributed by atoms with Crippen LogP contribution in [0.2, 0.25) is 0 Å². The molecule has 1 aromatic carbocycles. The molecule has 1 heterocycles. The normalized spacial score (nSPS) is 11.7. The minimum atomic E-state index is -0.307. The summed E-state index contributed by atoms with van der Waals surface area (Å²) in [5.74, 6) is -0.307. The van der Waals surface area contributed by atoms with E-state index in [0.717, 1.165) is 11.3 Å². The molecule has 0 spiro atoms. The Morgan fingerprint density at radius 1 is 1.29 bits per heavy atom. The lowest BCUT2D eigenvalue weighted by Crippen LogP contribution is -2.41. The molecule has 21 heavy (non-hydrogen) atoms. The van der Waals surface area contributed by atoms with E-state index in [1.54, 1.807) is 18.3 Å². The van der Waals surface area contributed by atoms with Gasteiger partial charge in [0.15, 0.2) is 0 Å². The van der Waals surface area contributed by atoms with Crippen molar-refractivity contribution in [3.05, 3.63) is 65.7 Å². The van der Waals surface area contributed by atoms with Gasteiger partial charge in [0, 0.05) is 30.9 Å². The largest absolute Gasteiger partial charge is 0.335 e. The van der Waals surface area contributed by atoms with E-state index in [2.05, 4.69) is 15.6 Å². The zero-order chi connectivity index (χ0) is 15.1. The van der Waals surface area contributed by atoms with Gasteiger partial charge in [0.1, 0.15) is 5.82 Å². The van der Waals surface area contributed by atoms with Crippen LogP contribution >= 0.6 is 0 Å². The van der Waals surface area contributed by atoms with Gasteiger partial charge in [-0.05, 0) is 36.8 Å². The van der Waals surface area contributed by atoms with E-state index >= 15 is 0 Å². The Morgan fingerprint density at radius 3 is 2.86 bits per heavy atom. The van der Waals surface area contributed by atoms with Crippen molar-refractivity contribution < 1.29 is 9.18 Å². The highest BCUT2D eigenvalue weighted by atomic mass is 19.1. The third kappa shape index (κ3) is 5.22. The Hall–Kier alpha value is -2.43. The number of hydrogen-bond donors (Lipinski definition) is 2. The van der Waals surface area contributed by atoms with Gasteiger partial charge in [-0.3, -0.25) is 4.98 Å². The summed E-state index contributed by atoms with van der Waals surface area (Å²) in [4.78, 5) is 16.0. The summed E-state index contributed by atoms with van der Waals surface area (Å²) in [7, 11) is 0. The van der Waals surface area contributed by atoms with Gasteiger partial charge in [-0.1, -0.05) is 18.2 Å². The Balaban J connectivity index is 1.76. The Bertz CT molecular complexity index is 589. The van der Waals surface area contributed by atoms with Crippen LogP contribution in [0.25, 0.3) is 0 Å². The molecule has 110 valence electrons. The second-order valence-electron chi connectivity index (χ2n) is 4.88. The van der Waals surface area contributed by atoms with Gasteiger partial charge < -0.3 is 10.6 Å². The van der Waals surface area contributed by atoms with E-state index in [4.69, 9.17) is 0 Å². The van der Waals surface area contributed by atoms with Gasteiger partial charge in [0.25, 0.3) is 0 Å². The topological polar surface area (TPSA) is 54.0 Å². The Labute approximate surface area is 123 Å². The fourth-order valence-electron chi connectivity index (χ4n) is 1.99. The number of urea groups is 1. The fourth-order valence-corrected chi connectivity index (χ4v) is 1.99. The summed E-state index contributed by atoms with van der Waals surface area (Å²) >= 11 is 0. The van der Waals surface area contributed by atoms with Crippen LogP contribution in [-0.4, -0.2) is 17.1 Å². The molecule has 2 rings (SSSR count). The molecule has 1 aromatic heterocycles. The summed E-state index contributed by atoms with van der Waals surface area (Å²) in [5.41, 5.74) is 1.65. The summed E-state index contributed by atoms with van der Waals surface area (Å²) < 4.78 is 13.0. The van der Waals surface area contributed by atoms with Crippen LogP contribution in [0.4, 0.5) is 9.18 Å². The lowest BCUT2D eigenvalue weighted by atomic mass is 10.1. The number of pyridine rings is 1. The first kappa shape index (κ1) is 15.0. The van der Waals surface area contributed by atoms with Gasteiger partial charge in [0.2, 0.25) is 0 Å². The average Bonchev–Trinajstić information content (AvgIpc) is 2.46. The highest BCUT2D eigenvalue weighted by molar-refractivity contribution is 5.74. The van der Waals surface area contributed by atoms with Gasteiger partial charge in [-0.2, -0.15) is 0 Å². The van der Waals surface area contributed by atoms with Crippen molar-refractivity contribution in [3.8, 4) is 0 Å². The monoisotopic (exact) mass is 287 g/mol. The maximum absolute atomic E-state index is 13.0. The summed E-state index contributed by atoms with van der Waals surface area (Å²) in [6.45, 7) is 2.20. The predicted octanol–water partition coefficient (Wildman–Crippen LogP) is 2.65. The average molecular weight is 287 g/mol. The third-order valence-corrected chi connectivity index (χ3v) is 2.96. The van der Waals surface area contributed by atoms with E-state index in [1.165, 1.54) is 12.1 Å². The number of aromatic nitrogens is 1. The number of amides is 2. The maximum atomic E-state index is 13.0. The molecular weight excluding hydrogens is 269 g/mol. The Kier molecular flexibility index (Phi) is 5.26. The number of benzene rings is 1. The van der Waals surface area contributed by atoms with Crippen molar-refractivity contribution in [2.24, 2.45) is 0 Å². The molecular formula is C16H18FN3O. The molecule has 0 radical (unpaired) electrons. The van der Waals surface area contributed by atoms with Crippen LogP contribution in [0.1, 0.15) is 18.2 Å². The molecule has 1 unspecified atom stereocenters. The van der Waals surface area contributed by atoms with E-state index in [9.17, 15) is 9.18 Å². The first-order chi connectivity index (χ1) is 10.1. The number of nitrogens with zero attached hydrogens (tertiary/aromatic N) is 1. The van der Waals surface area contributed by atoms with Crippen molar-refractivity contribution in [3.63, 3.8) is 0 Å². The lowest BCUT2D eigenvalue weighted by Gasteiger charge is -2.14. The van der Waals surface area contributed by atoms with Gasteiger partial charge in [-0.15, -0.1) is 0 Å². The van der Waals surface area contributed by atoms with Crippen molar-refractivity contribution in [2.45, 2.75) is 25.9 Å². The van der Waals surface area contributed by atoms with Crippen LogP contribution in [0.5, 0.6) is 0 Å². The lowest BCUT2D eigenvalue weighted by molar-refractivity contribution is 0.237. The minimum absolute atomic E-state index is 0.0348. The predicted molar refractivity (Wildman–Crippen MR) is 79.2 cm³/mol. The SMILES string of the molecule is CC(Cc1ccccn1)NC(=O)NCc1cccc(F)c1. The second-order valence-corrected chi connectivity index (χ2v) is 4.88. The van der Waals surface area contributed by atoms with Crippen LogP contribution in [0.3, 0.4) is 0 Å². The van der Waals surface area contributed by atoms with Crippen molar-refractivity contribution >= 4 is 6.03 Å². The first-order valence-electron chi connectivity index (χ1n) is 6.82. The van der Waals surface area contributed by atoms with E-state index in [-0.39, 0.29) is 17.9 Å². The van der Waals surface area contributed by atoms with Crippen molar-refractivity contribution in [2.75, 3.05) is 0 Å². The summed E-state index contributed by atoms with van der Waals surface area (Å²) in [6, 6.07) is 11.5. The zero-order valence-electron chi connectivity index (χ0n) is 11.8. The van der Waals surface area contributed by atoms with Gasteiger partial charge >= 0.3 is 6.03 Å².